The van der Waals surface area contributed by atoms with E-state index < -0.39 is 0 Å². The Bertz CT molecular complexity index is 21.2. The lowest BCUT2D eigenvalue weighted by atomic mass is 10.3. The molecule has 0 aliphatic heterocycles. The van der Waals surface area contributed by atoms with Crippen molar-refractivity contribution in [2.45, 2.75) is 48.0 Å². The van der Waals surface area contributed by atoms with Gasteiger partial charge in [0.15, 0.2) is 0 Å². The van der Waals surface area contributed by atoms with Gasteiger partial charge in [-0.1, -0.05) is 41.5 Å². The van der Waals surface area contributed by atoms with Crippen LogP contribution < -0.4 is 5.73 Å². The number of rotatable bonds is 1. The van der Waals surface area contributed by atoms with Crippen LogP contribution in [0.3, 0.4) is 0 Å². The molecule has 10 heavy (non-hydrogen) atoms. The van der Waals surface area contributed by atoms with Gasteiger partial charge in [0.25, 0.3) is 0 Å². The van der Waals surface area contributed by atoms with Gasteiger partial charge in [0.2, 0.25) is 0 Å². The zero-order chi connectivity index (χ0) is 8.99. The van der Waals surface area contributed by atoms with Crippen LogP contribution in [0.2, 0.25) is 0 Å². The van der Waals surface area contributed by atoms with Crippen LogP contribution in [0.4, 0.5) is 0 Å². The van der Waals surface area contributed by atoms with Crippen LogP contribution in [0.25, 0.3) is 0 Å². The average Bonchev–Trinajstić information content (AvgIpc) is 1.91. The van der Waals surface area contributed by atoms with E-state index >= 15 is 0 Å². The predicted octanol–water partition coefficient (Wildman–Crippen LogP) is 3.04. The van der Waals surface area contributed by atoms with Crippen molar-refractivity contribution in [3.63, 3.8) is 0 Å². The SMILES string of the molecule is CC.CC(C)C.CCCN. The maximum atomic E-state index is 5.03. The topological polar surface area (TPSA) is 26.0 Å². The Morgan fingerprint density at radius 2 is 1.20 bits per heavy atom. The molecule has 0 aromatic carbocycles. The van der Waals surface area contributed by atoms with Crippen molar-refractivity contribution in [1.29, 1.82) is 0 Å². The van der Waals surface area contributed by atoms with Gasteiger partial charge >= 0.3 is 0 Å². The van der Waals surface area contributed by atoms with Crippen LogP contribution in [0, 0.1) is 5.92 Å². The molecule has 0 saturated carbocycles. The molecule has 0 atom stereocenters. The molecule has 66 valence electrons. The van der Waals surface area contributed by atoms with E-state index in [2.05, 4.69) is 27.7 Å². The molecule has 0 spiro atoms. The second kappa shape index (κ2) is 23.1. The second-order valence-corrected chi connectivity index (χ2v) is 2.52. The first-order chi connectivity index (χ1) is 4.65. The minimum Gasteiger partial charge on any atom is -0.330 e. The maximum absolute atomic E-state index is 5.03. The Kier molecular flexibility index (Phi) is 38.1. The maximum Gasteiger partial charge on any atom is -0.00799 e. The van der Waals surface area contributed by atoms with Crippen LogP contribution in [0.1, 0.15) is 48.0 Å². The molecule has 1 heteroatoms. The lowest BCUT2D eigenvalue weighted by molar-refractivity contribution is 0.737. The van der Waals surface area contributed by atoms with Gasteiger partial charge in [-0.3, -0.25) is 0 Å². The zero-order valence-electron chi connectivity index (χ0n) is 8.57. The molecular formula is C9H25N. The predicted molar refractivity (Wildman–Crippen MR) is 51.2 cm³/mol. The van der Waals surface area contributed by atoms with Crippen LogP contribution in [0.5, 0.6) is 0 Å². The molecule has 0 saturated heterocycles. The highest BCUT2D eigenvalue weighted by Gasteiger charge is 1.68. The molecule has 0 bridgehead atoms. The van der Waals surface area contributed by atoms with Crippen molar-refractivity contribution in [3.8, 4) is 0 Å². The fraction of sp³-hybridized carbons (Fsp3) is 1.00. The minimum atomic E-state index is 0.819. The number of hydrogen-bond acceptors (Lipinski definition) is 1. The Hall–Kier alpha value is -0.0400. The van der Waals surface area contributed by atoms with Crippen molar-refractivity contribution in [2.24, 2.45) is 11.7 Å². The molecule has 0 aliphatic carbocycles. The highest BCUT2D eigenvalue weighted by molar-refractivity contribution is 4.20. The average molecular weight is 147 g/mol. The molecule has 0 aliphatic rings. The van der Waals surface area contributed by atoms with Crippen molar-refractivity contribution in [3.05, 3.63) is 0 Å². The van der Waals surface area contributed by atoms with Crippen LogP contribution in [0.15, 0.2) is 0 Å². The minimum absolute atomic E-state index is 0.819. The summed E-state index contributed by atoms with van der Waals surface area (Å²) in [4.78, 5) is 0. The highest BCUT2D eigenvalue weighted by atomic mass is 14.5. The molecule has 1 nitrogen and oxygen atoms in total. The summed E-state index contributed by atoms with van der Waals surface area (Å²) < 4.78 is 0. The van der Waals surface area contributed by atoms with E-state index in [4.69, 9.17) is 5.73 Å². The summed E-state index contributed by atoms with van der Waals surface area (Å²) in [6, 6.07) is 0. The lowest BCUT2D eigenvalue weighted by Gasteiger charge is -1.79. The van der Waals surface area contributed by atoms with Gasteiger partial charge in [-0.05, 0) is 18.9 Å². The third-order valence-corrected chi connectivity index (χ3v) is 0.289. The first-order valence-corrected chi connectivity index (χ1v) is 4.35. The van der Waals surface area contributed by atoms with Gasteiger partial charge in [-0.2, -0.15) is 0 Å². The van der Waals surface area contributed by atoms with Crippen LogP contribution in [-0.2, 0) is 0 Å². The summed E-state index contributed by atoms with van der Waals surface area (Å²) in [5, 5.41) is 0. The van der Waals surface area contributed by atoms with Gasteiger partial charge in [-0.25, -0.2) is 0 Å². The molecular weight excluding hydrogens is 122 g/mol. The summed E-state index contributed by atoms with van der Waals surface area (Å²) in [6.07, 6.45) is 1.10. The molecule has 0 heterocycles. The van der Waals surface area contributed by atoms with E-state index in [0.717, 1.165) is 18.9 Å². The Morgan fingerprint density at radius 1 is 1.10 bits per heavy atom. The quantitative estimate of drug-likeness (QED) is 0.606. The first-order valence-electron chi connectivity index (χ1n) is 4.35. The van der Waals surface area contributed by atoms with Crippen LogP contribution >= 0.6 is 0 Å². The van der Waals surface area contributed by atoms with E-state index in [1.165, 1.54) is 0 Å². The van der Waals surface area contributed by atoms with Crippen molar-refractivity contribution in [2.75, 3.05) is 6.54 Å². The largest absolute Gasteiger partial charge is 0.330 e. The Morgan fingerprint density at radius 3 is 1.20 bits per heavy atom. The molecule has 0 aromatic rings. The molecule has 0 amide bonds. The molecule has 0 unspecified atom stereocenters. The first kappa shape index (κ1) is 16.5. The Balaban J connectivity index is -0.0000000787. The normalized spacial score (nSPS) is 7.20. The van der Waals surface area contributed by atoms with Gasteiger partial charge in [-0.15, -0.1) is 0 Å². The van der Waals surface area contributed by atoms with E-state index in [1.54, 1.807) is 0 Å². The summed E-state index contributed by atoms with van der Waals surface area (Å²) in [7, 11) is 0. The smallest absolute Gasteiger partial charge is 0.00799 e. The van der Waals surface area contributed by atoms with Gasteiger partial charge in [0.05, 0.1) is 0 Å². The summed E-state index contributed by atoms with van der Waals surface area (Å²) in [6.45, 7) is 13.4. The molecule has 0 fully saturated rings. The second-order valence-electron chi connectivity index (χ2n) is 2.52. The molecule has 0 radical (unpaired) electrons. The van der Waals surface area contributed by atoms with E-state index in [1.807, 2.05) is 13.8 Å². The molecule has 2 N–H and O–H groups in total. The Labute approximate surface area is 67.0 Å². The fourth-order valence-corrected chi connectivity index (χ4v) is 0. The van der Waals surface area contributed by atoms with Crippen molar-refractivity contribution < 1.29 is 0 Å². The third-order valence-electron chi connectivity index (χ3n) is 0.289. The third kappa shape index (κ3) is 418. The van der Waals surface area contributed by atoms with E-state index in [0.29, 0.717) is 0 Å². The van der Waals surface area contributed by atoms with Gasteiger partial charge in [0.1, 0.15) is 0 Å². The zero-order valence-corrected chi connectivity index (χ0v) is 8.57. The van der Waals surface area contributed by atoms with E-state index in [9.17, 15) is 0 Å². The standard InChI is InChI=1S/C4H10.C3H9N.C2H6/c1-4(2)3;1-2-3-4;1-2/h4H,1-3H3;2-4H2,1H3;1-2H3. The summed E-state index contributed by atoms with van der Waals surface area (Å²) in [5.41, 5.74) is 5.03. The van der Waals surface area contributed by atoms with Crippen molar-refractivity contribution >= 4 is 0 Å². The monoisotopic (exact) mass is 147 g/mol. The van der Waals surface area contributed by atoms with E-state index in [-0.39, 0.29) is 0 Å². The molecule has 0 aromatic heterocycles. The summed E-state index contributed by atoms with van der Waals surface area (Å²) >= 11 is 0. The number of nitrogens with two attached hydrogens (primary N) is 1. The molecule has 0 rings (SSSR count). The van der Waals surface area contributed by atoms with Gasteiger partial charge < -0.3 is 5.73 Å². The fourth-order valence-electron chi connectivity index (χ4n) is 0. The summed E-state index contributed by atoms with van der Waals surface area (Å²) in [5.74, 6) is 0.833. The lowest BCUT2D eigenvalue weighted by Crippen LogP contribution is -1.93. The number of hydrogen-bond donors (Lipinski definition) is 1. The highest BCUT2D eigenvalue weighted by Crippen LogP contribution is 1.81. The van der Waals surface area contributed by atoms with Crippen LogP contribution in [-0.4, -0.2) is 6.54 Å². The van der Waals surface area contributed by atoms with Gasteiger partial charge in [0, 0.05) is 0 Å². The van der Waals surface area contributed by atoms with Crippen molar-refractivity contribution in [1.82, 2.24) is 0 Å².